The Morgan fingerprint density at radius 1 is 1.05 bits per heavy atom. The van der Waals surface area contributed by atoms with Crippen LogP contribution in [0.15, 0.2) is 0 Å². The van der Waals surface area contributed by atoms with Crippen molar-refractivity contribution in [2.45, 2.75) is 43.3 Å². The second-order valence-corrected chi connectivity index (χ2v) is 4.59. The molecule has 9 N–H and O–H groups in total. The van der Waals surface area contributed by atoms with Gasteiger partial charge in [-0.3, -0.25) is 9.59 Å². The Kier molecular flexibility index (Phi) is 9.01. The Balaban J connectivity index is 4.09. The Labute approximate surface area is 120 Å². The summed E-state index contributed by atoms with van der Waals surface area (Å²) in [5.74, 6) is -1.82. The fraction of sp³-hybridized carbons (Fsp3) is 0.818. The molecular formula is C11H22N2O8. The van der Waals surface area contributed by atoms with Crippen molar-refractivity contribution in [3.63, 3.8) is 0 Å². The highest BCUT2D eigenvalue weighted by Gasteiger charge is 2.30. The molecule has 5 atom stereocenters. The second-order valence-electron chi connectivity index (χ2n) is 4.59. The molecule has 0 aromatic carbocycles. The number of carbonyl (C=O) groups is 2. The van der Waals surface area contributed by atoms with E-state index < -0.39 is 55.5 Å². The predicted molar refractivity (Wildman–Crippen MR) is 69.0 cm³/mol. The van der Waals surface area contributed by atoms with E-state index in [0.29, 0.717) is 0 Å². The molecule has 0 aromatic rings. The molecule has 10 nitrogen and oxygen atoms in total. The average molecular weight is 310 g/mol. The van der Waals surface area contributed by atoms with Crippen LogP contribution in [0.25, 0.3) is 0 Å². The Morgan fingerprint density at radius 3 is 2.05 bits per heavy atom. The highest BCUT2D eigenvalue weighted by molar-refractivity contribution is 5.78. The number of hydrogen-bond donors (Lipinski definition) is 8. The Bertz CT molecular complexity index is 340. The van der Waals surface area contributed by atoms with Crippen LogP contribution in [0.2, 0.25) is 0 Å². The molecule has 0 radical (unpaired) electrons. The quantitative estimate of drug-likeness (QED) is 0.197. The van der Waals surface area contributed by atoms with Crippen molar-refractivity contribution < 1.29 is 40.2 Å². The van der Waals surface area contributed by atoms with Gasteiger partial charge >= 0.3 is 5.97 Å². The summed E-state index contributed by atoms with van der Waals surface area (Å²) >= 11 is 0. The van der Waals surface area contributed by atoms with Gasteiger partial charge < -0.3 is 41.7 Å². The third-order valence-electron chi connectivity index (χ3n) is 2.83. The van der Waals surface area contributed by atoms with E-state index >= 15 is 0 Å². The third-order valence-corrected chi connectivity index (χ3v) is 2.83. The number of carbonyl (C=O) groups excluding carboxylic acids is 1. The molecule has 0 heterocycles. The fourth-order valence-corrected chi connectivity index (χ4v) is 1.40. The number of carboxylic acids is 1. The Hall–Kier alpha value is -1.30. The summed E-state index contributed by atoms with van der Waals surface area (Å²) in [6.45, 7) is -1.22. The Morgan fingerprint density at radius 2 is 1.57 bits per heavy atom. The monoisotopic (exact) mass is 310 g/mol. The maximum atomic E-state index is 11.4. The van der Waals surface area contributed by atoms with Crippen LogP contribution < -0.4 is 11.1 Å². The minimum atomic E-state index is -1.78. The standard InChI is InChI=1S/C11H22N2O8/c12-5(11(20)21)1-2-8(17)13-3-6(15)9(18)10(19)7(16)4-14/h5-7,9-10,14-16,18-19H,1-4,12H2,(H,13,17)(H,20,21)/t5-,6+,7-,9-,10-/m1/s1. The molecule has 21 heavy (non-hydrogen) atoms. The average Bonchev–Trinajstić information content (AvgIpc) is 2.47. The molecular weight excluding hydrogens is 288 g/mol. The summed E-state index contributed by atoms with van der Waals surface area (Å²) in [7, 11) is 0. The van der Waals surface area contributed by atoms with E-state index in [1.54, 1.807) is 0 Å². The van der Waals surface area contributed by atoms with Crippen LogP contribution in [0.5, 0.6) is 0 Å². The molecule has 0 aliphatic rings. The largest absolute Gasteiger partial charge is 0.480 e. The summed E-state index contributed by atoms with van der Waals surface area (Å²) in [4.78, 5) is 21.8. The molecule has 10 heteroatoms. The van der Waals surface area contributed by atoms with E-state index in [1.165, 1.54) is 0 Å². The maximum absolute atomic E-state index is 11.4. The summed E-state index contributed by atoms with van der Waals surface area (Å²) in [5, 5.41) is 56.7. The van der Waals surface area contributed by atoms with Crippen LogP contribution in [0.3, 0.4) is 0 Å². The number of nitrogens with two attached hydrogens (primary N) is 1. The van der Waals surface area contributed by atoms with Gasteiger partial charge in [-0.15, -0.1) is 0 Å². The van der Waals surface area contributed by atoms with Crippen molar-refractivity contribution in [3.05, 3.63) is 0 Å². The minimum absolute atomic E-state index is 0.0916. The topological polar surface area (TPSA) is 194 Å². The van der Waals surface area contributed by atoms with Gasteiger partial charge in [0, 0.05) is 13.0 Å². The normalized spacial score (nSPS) is 18.4. The number of aliphatic carboxylic acids is 1. The first-order valence-corrected chi connectivity index (χ1v) is 6.28. The summed E-state index contributed by atoms with van der Waals surface area (Å²) < 4.78 is 0. The third kappa shape index (κ3) is 7.32. The zero-order valence-electron chi connectivity index (χ0n) is 11.3. The first-order chi connectivity index (χ1) is 9.70. The van der Waals surface area contributed by atoms with Gasteiger partial charge in [-0.1, -0.05) is 0 Å². The molecule has 0 fully saturated rings. The van der Waals surface area contributed by atoms with Crippen LogP contribution in [0.4, 0.5) is 0 Å². The van der Waals surface area contributed by atoms with Gasteiger partial charge in [-0.05, 0) is 6.42 Å². The van der Waals surface area contributed by atoms with E-state index in [1.807, 2.05) is 0 Å². The smallest absolute Gasteiger partial charge is 0.320 e. The number of hydrogen-bond acceptors (Lipinski definition) is 8. The first kappa shape index (κ1) is 19.7. The molecule has 0 unspecified atom stereocenters. The highest BCUT2D eigenvalue weighted by Crippen LogP contribution is 2.04. The van der Waals surface area contributed by atoms with Gasteiger partial charge in [0.2, 0.25) is 5.91 Å². The van der Waals surface area contributed by atoms with Gasteiger partial charge in [0.05, 0.1) is 12.7 Å². The predicted octanol–water partition coefficient (Wildman–Crippen LogP) is -4.27. The highest BCUT2D eigenvalue weighted by atomic mass is 16.4. The number of aliphatic hydroxyl groups is 5. The van der Waals surface area contributed by atoms with Gasteiger partial charge in [-0.2, -0.15) is 0 Å². The molecule has 0 aromatic heterocycles. The number of rotatable bonds is 10. The summed E-state index contributed by atoms with van der Waals surface area (Å²) in [6, 6.07) is -1.17. The lowest BCUT2D eigenvalue weighted by Crippen LogP contribution is -2.49. The fourth-order valence-electron chi connectivity index (χ4n) is 1.40. The van der Waals surface area contributed by atoms with E-state index in [0.717, 1.165) is 0 Å². The van der Waals surface area contributed by atoms with E-state index in [4.69, 9.17) is 21.1 Å². The second kappa shape index (κ2) is 9.60. The number of nitrogens with one attached hydrogen (secondary N) is 1. The molecule has 1 amide bonds. The SMILES string of the molecule is N[C@H](CCC(=O)NC[C@H](O)[C@@H](O)[C@H](O)[C@H](O)CO)C(=O)O. The minimum Gasteiger partial charge on any atom is -0.480 e. The molecule has 0 aliphatic carbocycles. The van der Waals surface area contributed by atoms with Crippen LogP contribution in [-0.4, -0.2) is 86.1 Å². The lowest BCUT2D eigenvalue weighted by molar-refractivity contribution is -0.138. The van der Waals surface area contributed by atoms with Gasteiger partial charge in [0.25, 0.3) is 0 Å². The maximum Gasteiger partial charge on any atom is 0.320 e. The number of aliphatic hydroxyl groups excluding tert-OH is 5. The molecule has 0 bridgehead atoms. The van der Waals surface area contributed by atoms with Crippen molar-refractivity contribution in [1.82, 2.24) is 5.32 Å². The van der Waals surface area contributed by atoms with Crippen molar-refractivity contribution in [2.75, 3.05) is 13.2 Å². The van der Waals surface area contributed by atoms with E-state index in [-0.39, 0.29) is 12.8 Å². The lowest BCUT2D eigenvalue weighted by Gasteiger charge is -2.25. The first-order valence-electron chi connectivity index (χ1n) is 6.28. The molecule has 0 aliphatic heterocycles. The van der Waals surface area contributed by atoms with Crippen LogP contribution in [0, 0.1) is 0 Å². The summed E-state index contributed by atoms with van der Waals surface area (Å²) in [6.07, 6.45) is -7.02. The zero-order chi connectivity index (χ0) is 16.6. The number of carboxylic acid groups (broad SMARTS) is 1. The summed E-state index contributed by atoms with van der Waals surface area (Å²) in [5.41, 5.74) is 5.20. The van der Waals surface area contributed by atoms with Gasteiger partial charge in [-0.25, -0.2) is 0 Å². The van der Waals surface area contributed by atoms with Crippen molar-refractivity contribution in [3.8, 4) is 0 Å². The van der Waals surface area contributed by atoms with Crippen molar-refractivity contribution in [2.24, 2.45) is 5.73 Å². The van der Waals surface area contributed by atoms with Gasteiger partial charge in [0.15, 0.2) is 0 Å². The van der Waals surface area contributed by atoms with Crippen LogP contribution in [-0.2, 0) is 9.59 Å². The van der Waals surface area contributed by atoms with E-state index in [9.17, 15) is 24.9 Å². The van der Waals surface area contributed by atoms with Gasteiger partial charge in [0.1, 0.15) is 24.4 Å². The molecule has 0 rings (SSSR count). The zero-order valence-corrected chi connectivity index (χ0v) is 11.3. The molecule has 124 valence electrons. The van der Waals surface area contributed by atoms with E-state index in [2.05, 4.69) is 5.32 Å². The van der Waals surface area contributed by atoms with Crippen LogP contribution in [0.1, 0.15) is 12.8 Å². The molecule has 0 saturated carbocycles. The molecule has 0 spiro atoms. The van der Waals surface area contributed by atoms with Crippen molar-refractivity contribution >= 4 is 11.9 Å². The molecule has 0 saturated heterocycles. The van der Waals surface area contributed by atoms with Crippen molar-refractivity contribution in [1.29, 1.82) is 0 Å². The van der Waals surface area contributed by atoms with Crippen LogP contribution >= 0.6 is 0 Å². The number of amides is 1. The lowest BCUT2D eigenvalue weighted by atomic mass is 10.0.